The van der Waals surface area contributed by atoms with Crippen LogP contribution in [0.1, 0.15) is 18.9 Å². The Hall–Kier alpha value is -3.41. The molecule has 1 aliphatic rings. The van der Waals surface area contributed by atoms with Crippen molar-refractivity contribution >= 4 is 23.2 Å². The molecule has 1 saturated heterocycles. The zero-order valence-electron chi connectivity index (χ0n) is 15.7. The lowest BCUT2D eigenvalue weighted by Gasteiger charge is -2.20. The molecule has 0 bridgehead atoms. The molecule has 2 heterocycles. The molecule has 1 atom stereocenters. The number of carbonyl (C=O) groups excluding carboxylic acids is 2. The molecular formula is C22H22N4O2. The Morgan fingerprint density at radius 2 is 1.96 bits per heavy atom. The number of amides is 2. The number of aromatic nitrogens is 2. The largest absolute Gasteiger partial charge is 0.326 e. The van der Waals surface area contributed by atoms with Gasteiger partial charge in [-0.05, 0) is 42.3 Å². The molecule has 1 aliphatic heterocycles. The van der Waals surface area contributed by atoms with Gasteiger partial charge in [0.25, 0.3) is 0 Å². The zero-order valence-corrected chi connectivity index (χ0v) is 15.7. The molecular weight excluding hydrogens is 352 g/mol. The lowest BCUT2D eigenvalue weighted by molar-refractivity contribution is -0.122. The monoisotopic (exact) mass is 374 g/mol. The van der Waals surface area contributed by atoms with Crippen LogP contribution in [0.5, 0.6) is 0 Å². The Balaban J connectivity index is 1.44. The third kappa shape index (κ3) is 3.53. The van der Waals surface area contributed by atoms with Gasteiger partial charge in [0, 0.05) is 42.4 Å². The first-order valence-corrected chi connectivity index (χ1v) is 9.43. The third-order valence-electron chi connectivity index (χ3n) is 5.10. The molecule has 28 heavy (non-hydrogen) atoms. The first kappa shape index (κ1) is 18.0. The van der Waals surface area contributed by atoms with E-state index in [-0.39, 0.29) is 24.2 Å². The number of benzene rings is 2. The lowest BCUT2D eigenvalue weighted by atomic mass is 10.1. The van der Waals surface area contributed by atoms with E-state index < -0.39 is 0 Å². The molecule has 3 aromatic rings. The standard InChI is InChI=1S/C22H22N4O2/c1-2-16-5-3-4-6-20(16)26-14-17(13-21(26)27)22(28)24-18-7-9-19(10-8-18)25-12-11-23-15-25/h3-12,15,17H,2,13-14H2,1H3,(H,24,28). The second-order valence-corrected chi connectivity index (χ2v) is 6.89. The van der Waals surface area contributed by atoms with Gasteiger partial charge in [0.1, 0.15) is 0 Å². The summed E-state index contributed by atoms with van der Waals surface area (Å²) in [5.41, 5.74) is 3.71. The van der Waals surface area contributed by atoms with Crippen molar-refractivity contribution in [2.75, 3.05) is 16.8 Å². The maximum absolute atomic E-state index is 12.7. The van der Waals surface area contributed by atoms with E-state index in [1.54, 1.807) is 17.4 Å². The number of nitrogens with zero attached hydrogens (tertiary/aromatic N) is 3. The van der Waals surface area contributed by atoms with Crippen molar-refractivity contribution in [3.8, 4) is 5.69 Å². The fourth-order valence-electron chi connectivity index (χ4n) is 3.56. The van der Waals surface area contributed by atoms with E-state index in [2.05, 4.69) is 17.2 Å². The van der Waals surface area contributed by atoms with Crippen LogP contribution in [0.3, 0.4) is 0 Å². The van der Waals surface area contributed by atoms with Crippen LogP contribution in [0, 0.1) is 5.92 Å². The SMILES string of the molecule is CCc1ccccc1N1CC(C(=O)Nc2ccc(-n3ccnc3)cc2)CC1=O. The Labute approximate surface area is 163 Å². The van der Waals surface area contributed by atoms with Crippen molar-refractivity contribution in [2.45, 2.75) is 19.8 Å². The third-order valence-corrected chi connectivity index (χ3v) is 5.10. The predicted octanol–water partition coefficient (Wildman–Crippen LogP) is 3.43. The van der Waals surface area contributed by atoms with Gasteiger partial charge in [-0.1, -0.05) is 25.1 Å². The van der Waals surface area contributed by atoms with Crippen LogP contribution in [0.15, 0.2) is 67.3 Å². The van der Waals surface area contributed by atoms with Crippen LogP contribution in [0.2, 0.25) is 0 Å². The van der Waals surface area contributed by atoms with Gasteiger partial charge in [-0.2, -0.15) is 0 Å². The maximum Gasteiger partial charge on any atom is 0.229 e. The molecule has 0 radical (unpaired) electrons. The number of aryl methyl sites for hydroxylation is 1. The molecule has 4 rings (SSSR count). The highest BCUT2D eigenvalue weighted by atomic mass is 16.2. The molecule has 2 aromatic carbocycles. The number of carbonyl (C=O) groups is 2. The van der Waals surface area contributed by atoms with Gasteiger partial charge in [0.15, 0.2) is 0 Å². The van der Waals surface area contributed by atoms with Crippen molar-refractivity contribution in [3.05, 3.63) is 72.8 Å². The average Bonchev–Trinajstić information content (AvgIpc) is 3.38. The van der Waals surface area contributed by atoms with E-state index in [1.165, 1.54) is 0 Å². The second-order valence-electron chi connectivity index (χ2n) is 6.89. The maximum atomic E-state index is 12.7. The molecule has 1 unspecified atom stereocenters. The predicted molar refractivity (Wildman–Crippen MR) is 108 cm³/mol. The van der Waals surface area contributed by atoms with Crippen LogP contribution in [0.4, 0.5) is 11.4 Å². The van der Waals surface area contributed by atoms with E-state index in [4.69, 9.17) is 0 Å². The summed E-state index contributed by atoms with van der Waals surface area (Å²) in [5.74, 6) is -0.484. The Bertz CT molecular complexity index is 980. The fraction of sp³-hybridized carbons (Fsp3) is 0.227. The number of hydrogen-bond donors (Lipinski definition) is 1. The molecule has 0 spiro atoms. The van der Waals surface area contributed by atoms with Gasteiger partial charge >= 0.3 is 0 Å². The fourth-order valence-corrected chi connectivity index (χ4v) is 3.56. The van der Waals surface area contributed by atoms with Crippen molar-refractivity contribution in [3.63, 3.8) is 0 Å². The first-order chi connectivity index (χ1) is 13.7. The number of hydrogen-bond acceptors (Lipinski definition) is 3. The minimum Gasteiger partial charge on any atom is -0.326 e. The summed E-state index contributed by atoms with van der Waals surface area (Å²) in [7, 11) is 0. The number of anilines is 2. The molecule has 6 heteroatoms. The zero-order chi connectivity index (χ0) is 19.5. The van der Waals surface area contributed by atoms with Crippen LogP contribution in [-0.2, 0) is 16.0 Å². The molecule has 0 saturated carbocycles. The number of para-hydroxylation sites is 1. The molecule has 0 aliphatic carbocycles. The normalized spacial score (nSPS) is 16.4. The van der Waals surface area contributed by atoms with Gasteiger partial charge in [-0.3, -0.25) is 9.59 Å². The van der Waals surface area contributed by atoms with Gasteiger partial charge in [0.2, 0.25) is 11.8 Å². The Morgan fingerprint density at radius 3 is 2.68 bits per heavy atom. The average molecular weight is 374 g/mol. The van der Waals surface area contributed by atoms with E-state index in [9.17, 15) is 9.59 Å². The highest BCUT2D eigenvalue weighted by Crippen LogP contribution is 2.29. The van der Waals surface area contributed by atoms with E-state index in [0.29, 0.717) is 12.2 Å². The minimum absolute atomic E-state index is 0.00324. The van der Waals surface area contributed by atoms with Crippen LogP contribution in [0.25, 0.3) is 5.69 Å². The second kappa shape index (κ2) is 7.68. The molecule has 6 nitrogen and oxygen atoms in total. The summed E-state index contributed by atoms with van der Waals surface area (Å²) in [4.78, 5) is 31.0. The van der Waals surface area contributed by atoms with Gasteiger partial charge in [0.05, 0.1) is 12.2 Å². The summed E-state index contributed by atoms with van der Waals surface area (Å²) in [5, 5.41) is 2.93. The summed E-state index contributed by atoms with van der Waals surface area (Å²) < 4.78 is 1.89. The summed E-state index contributed by atoms with van der Waals surface area (Å²) in [6.07, 6.45) is 6.38. The quantitative estimate of drug-likeness (QED) is 0.744. The van der Waals surface area contributed by atoms with E-state index in [1.807, 2.05) is 59.3 Å². The van der Waals surface area contributed by atoms with Crippen LogP contribution in [-0.4, -0.2) is 27.9 Å². The molecule has 1 N–H and O–H groups in total. The number of imidazole rings is 1. The van der Waals surface area contributed by atoms with E-state index >= 15 is 0 Å². The topological polar surface area (TPSA) is 67.2 Å². The number of nitrogens with one attached hydrogen (secondary N) is 1. The molecule has 1 aromatic heterocycles. The first-order valence-electron chi connectivity index (χ1n) is 9.43. The summed E-state index contributed by atoms with van der Waals surface area (Å²) in [6, 6.07) is 15.4. The lowest BCUT2D eigenvalue weighted by Crippen LogP contribution is -2.28. The van der Waals surface area contributed by atoms with Crippen molar-refractivity contribution in [1.29, 1.82) is 0 Å². The molecule has 2 amide bonds. The van der Waals surface area contributed by atoms with Gasteiger partial charge in [-0.25, -0.2) is 4.98 Å². The highest BCUT2D eigenvalue weighted by molar-refractivity contribution is 6.03. The minimum atomic E-state index is -0.356. The summed E-state index contributed by atoms with van der Waals surface area (Å²) >= 11 is 0. The smallest absolute Gasteiger partial charge is 0.229 e. The van der Waals surface area contributed by atoms with Crippen molar-refractivity contribution in [2.24, 2.45) is 5.92 Å². The molecule has 142 valence electrons. The number of rotatable bonds is 5. The Morgan fingerprint density at radius 1 is 1.18 bits per heavy atom. The Kier molecular flexibility index (Phi) is 4.93. The van der Waals surface area contributed by atoms with Crippen molar-refractivity contribution < 1.29 is 9.59 Å². The van der Waals surface area contributed by atoms with Crippen molar-refractivity contribution in [1.82, 2.24) is 9.55 Å². The highest BCUT2D eigenvalue weighted by Gasteiger charge is 2.35. The van der Waals surface area contributed by atoms with Crippen LogP contribution < -0.4 is 10.2 Å². The molecule has 1 fully saturated rings. The summed E-state index contributed by atoms with van der Waals surface area (Å²) in [6.45, 7) is 2.48. The van der Waals surface area contributed by atoms with Crippen LogP contribution >= 0.6 is 0 Å². The van der Waals surface area contributed by atoms with Gasteiger partial charge in [-0.15, -0.1) is 0 Å². The van der Waals surface area contributed by atoms with E-state index in [0.717, 1.165) is 23.4 Å². The van der Waals surface area contributed by atoms with Gasteiger partial charge < -0.3 is 14.8 Å².